The van der Waals surface area contributed by atoms with Gasteiger partial charge in [0.1, 0.15) is 0 Å². The molecule has 1 heterocycles. The maximum Gasteiger partial charge on any atom is 0.226 e. The van der Waals surface area contributed by atoms with Crippen molar-refractivity contribution in [3.8, 4) is 0 Å². The van der Waals surface area contributed by atoms with Gasteiger partial charge in [0, 0.05) is 24.8 Å². The molecular formula is C12H23ClN2OS. The van der Waals surface area contributed by atoms with Crippen molar-refractivity contribution in [2.24, 2.45) is 17.6 Å². The summed E-state index contributed by atoms with van der Waals surface area (Å²) >= 11 is 1.96. The largest absolute Gasteiger partial charge is 0.342 e. The molecule has 2 fully saturated rings. The molecule has 5 heteroatoms. The topological polar surface area (TPSA) is 46.3 Å². The Labute approximate surface area is 114 Å². The quantitative estimate of drug-likeness (QED) is 0.856. The summed E-state index contributed by atoms with van der Waals surface area (Å²) in [6.45, 7) is 0.670. The summed E-state index contributed by atoms with van der Waals surface area (Å²) in [6, 6.07) is 0.469. The molecule has 3 atom stereocenters. The highest BCUT2D eigenvalue weighted by Crippen LogP contribution is 2.33. The first-order valence-electron chi connectivity index (χ1n) is 6.28. The normalized spacial score (nSPS) is 32.2. The van der Waals surface area contributed by atoms with Crippen LogP contribution in [-0.2, 0) is 4.79 Å². The van der Waals surface area contributed by atoms with Crippen LogP contribution in [0.5, 0.6) is 0 Å². The van der Waals surface area contributed by atoms with Crippen LogP contribution in [0.1, 0.15) is 25.7 Å². The lowest BCUT2D eigenvalue weighted by molar-refractivity contribution is -0.136. The van der Waals surface area contributed by atoms with E-state index in [-0.39, 0.29) is 18.3 Å². The smallest absolute Gasteiger partial charge is 0.226 e. The van der Waals surface area contributed by atoms with Crippen molar-refractivity contribution in [1.29, 1.82) is 0 Å². The molecule has 1 aliphatic heterocycles. The maximum atomic E-state index is 12.4. The second-order valence-corrected chi connectivity index (χ2v) is 6.15. The van der Waals surface area contributed by atoms with Crippen molar-refractivity contribution in [2.75, 3.05) is 25.1 Å². The number of carbonyl (C=O) groups is 1. The molecule has 2 rings (SSSR count). The van der Waals surface area contributed by atoms with Crippen LogP contribution < -0.4 is 5.73 Å². The molecule has 2 N–H and O–H groups in total. The van der Waals surface area contributed by atoms with E-state index in [0.29, 0.717) is 24.4 Å². The van der Waals surface area contributed by atoms with Gasteiger partial charge in [-0.2, -0.15) is 11.8 Å². The Bertz CT molecular complexity index is 259. The first kappa shape index (κ1) is 15.1. The summed E-state index contributed by atoms with van der Waals surface area (Å²) in [7, 11) is 1.98. The first-order chi connectivity index (χ1) is 7.74. The summed E-state index contributed by atoms with van der Waals surface area (Å²) in [6.07, 6.45) is 4.52. The fraction of sp³-hybridized carbons (Fsp3) is 0.917. The zero-order valence-corrected chi connectivity index (χ0v) is 12.1. The highest BCUT2D eigenvalue weighted by molar-refractivity contribution is 7.99. The monoisotopic (exact) mass is 278 g/mol. The molecule has 1 aliphatic carbocycles. The molecule has 0 radical (unpaired) electrons. The lowest BCUT2D eigenvalue weighted by Crippen LogP contribution is -2.42. The SMILES string of the molecule is CN(C(=O)[C@@H]1CCC[C@@H]1CN)C1CCSC1.Cl. The van der Waals surface area contributed by atoms with Gasteiger partial charge in [0.15, 0.2) is 0 Å². The summed E-state index contributed by atoms with van der Waals surface area (Å²) < 4.78 is 0. The van der Waals surface area contributed by atoms with Crippen molar-refractivity contribution in [3.05, 3.63) is 0 Å². The zero-order valence-electron chi connectivity index (χ0n) is 10.4. The number of carbonyl (C=O) groups excluding carboxylic acids is 1. The summed E-state index contributed by atoms with van der Waals surface area (Å²) in [4.78, 5) is 14.4. The highest BCUT2D eigenvalue weighted by atomic mass is 35.5. The Kier molecular flexibility index (Phi) is 6.10. The van der Waals surface area contributed by atoms with E-state index in [2.05, 4.69) is 0 Å². The Morgan fingerprint density at radius 3 is 2.76 bits per heavy atom. The van der Waals surface area contributed by atoms with E-state index in [0.717, 1.165) is 25.0 Å². The molecule has 17 heavy (non-hydrogen) atoms. The van der Waals surface area contributed by atoms with Gasteiger partial charge in [-0.1, -0.05) is 6.42 Å². The number of hydrogen-bond acceptors (Lipinski definition) is 3. The third kappa shape index (κ3) is 3.30. The van der Waals surface area contributed by atoms with Gasteiger partial charge in [0.2, 0.25) is 5.91 Å². The third-order valence-electron chi connectivity index (χ3n) is 4.08. The van der Waals surface area contributed by atoms with Crippen molar-refractivity contribution in [3.63, 3.8) is 0 Å². The van der Waals surface area contributed by atoms with E-state index < -0.39 is 0 Å². The van der Waals surface area contributed by atoms with Gasteiger partial charge in [0.25, 0.3) is 0 Å². The van der Waals surface area contributed by atoms with Crippen molar-refractivity contribution >= 4 is 30.1 Å². The van der Waals surface area contributed by atoms with E-state index >= 15 is 0 Å². The first-order valence-corrected chi connectivity index (χ1v) is 7.44. The fourth-order valence-corrected chi connectivity index (χ4v) is 4.18. The minimum Gasteiger partial charge on any atom is -0.342 e. The second-order valence-electron chi connectivity index (χ2n) is 5.00. The summed E-state index contributed by atoms with van der Waals surface area (Å²) in [5, 5.41) is 0. The standard InChI is InChI=1S/C12H22N2OS.ClH/c1-14(10-5-6-16-8-10)12(15)11-4-2-3-9(11)7-13;/h9-11H,2-8,13H2,1H3;1H/t9-,10?,11-;/m1./s1. The minimum atomic E-state index is 0. The van der Waals surface area contributed by atoms with Crippen LogP contribution in [0.15, 0.2) is 0 Å². The molecule has 1 amide bonds. The number of nitrogens with zero attached hydrogens (tertiary/aromatic N) is 1. The third-order valence-corrected chi connectivity index (χ3v) is 5.22. The Hall–Kier alpha value is 0.0700. The molecule has 0 aromatic heterocycles. The molecule has 0 aromatic rings. The lowest BCUT2D eigenvalue weighted by Gasteiger charge is -2.29. The molecule has 3 nitrogen and oxygen atoms in total. The molecule has 0 aromatic carbocycles. The molecular weight excluding hydrogens is 256 g/mol. The van der Waals surface area contributed by atoms with Crippen molar-refractivity contribution in [2.45, 2.75) is 31.7 Å². The molecule has 1 saturated carbocycles. The van der Waals surface area contributed by atoms with Gasteiger partial charge in [0.05, 0.1) is 0 Å². The van der Waals surface area contributed by atoms with Crippen LogP contribution in [0.3, 0.4) is 0 Å². The zero-order chi connectivity index (χ0) is 11.5. The van der Waals surface area contributed by atoms with Gasteiger partial charge in [-0.15, -0.1) is 12.4 Å². The van der Waals surface area contributed by atoms with Crippen LogP contribution in [0.4, 0.5) is 0 Å². The number of amides is 1. The van der Waals surface area contributed by atoms with E-state index in [4.69, 9.17) is 5.73 Å². The lowest BCUT2D eigenvalue weighted by atomic mass is 9.94. The molecule has 0 spiro atoms. The van der Waals surface area contributed by atoms with Gasteiger partial charge in [-0.25, -0.2) is 0 Å². The maximum absolute atomic E-state index is 12.4. The average molecular weight is 279 g/mol. The molecule has 1 saturated heterocycles. The highest BCUT2D eigenvalue weighted by Gasteiger charge is 2.36. The Morgan fingerprint density at radius 2 is 2.18 bits per heavy atom. The average Bonchev–Trinajstić information content (AvgIpc) is 2.97. The molecule has 100 valence electrons. The van der Waals surface area contributed by atoms with Crippen LogP contribution in [0.2, 0.25) is 0 Å². The van der Waals surface area contributed by atoms with Crippen LogP contribution in [0.25, 0.3) is 0 Å². The fourth-order valence-electron chi connectivity index (χ4n) is 2.91. The number of halogens is 1. The number of hydrogen-bond donors (Lipinski definition) is 1. The van der Waals surface area contributed by atoms with Gasteiger partial charge >= 0.3 is 0 Å². The van der Waals surface area contributed by atoms with E-state index in [1.807, 2.05) is 23.7 Å². The predicted octanol–water partition coefficient (Wildman–Crippen LogP) is 1.75. The number of nitrogens with two attached hydrogens (primary N) is 1. The van der Waals surface area contributed by atoms with Crippen LogP contribution in [-0.4, -0.2) is 41.9 Å². The molecule has 0 bridgehead atoms. The summed E-state index contributed by atoms with van der Waals surface area (Å²) in [5.74, 6) is 3.31. The number of thioether (sulfide) groups is 1. The summed E-state index contributed by atoms with van der Waals surface area (Å²) in [5.41, 5.74) is 5.74. The van der Waals surface area contributed by atoms with E-state index in [1.54, 1.807) is 0 Å². The Morgan fingerprint density at radius 1 is 1.41 bits per heavy atom. The van der Waals surface area contributed by atoms with Crippen molar-refractivity contribution in [1.82, 2.24) is 4.90 Å². The number of rotatable bonds is 3. The van der Waals surface area contributed by atoms with E-state index in [1.165, 1.54) is 12.2 Å². The van der Waals surface area contributed by atoms with Gasteiger partial charge in [-0.3, -0.25) is 4.79 Å². The predicted molar refractivity (Wildman–Crippen MR) is 75.6 cm³/mol. The Balaban J connectivity index is 0.00000144. The molecule has 1 unspecified atom stereocenters. The van der Waals surface area contributed by atoms with Crippen LogP contribution in [0, 0.1) is 11.8 Å². The van der Waals surface area contributed by atoms with Crippen molar-refractivity contribution < 1.29 is 4.79 Å². The minimum absolute atomic E-state index is 0. The van der Waals surface area contributed by atoms with Gasteiger partial charge in [-0.05, 0) is 37.5 Å². The van der Waals surface area contributed by atoms with Crippen LogP contribution >= 0.6 is 24.2 Å². The van der Waals surface area contributed by atoms with E-state index in [9.17, 15) is 4.79 Å². The van der Waals surface area contributed by atoms with Gasteiger partial charge < -0.3 is 10.6 Å². The second kappa shape index (κ2) is 6.86. The molecule has 2 aliphatic rings.